The van der Waals surface area contributed by atoms with Gasteiger partial charge in [0, 0.05) is 19.4 Å². The van der Waals surface area contributed by atoms with E-state index in [0.717, 1.165) is 70.6 Å². The fourth-order valence-corrected chi connectivity index (χ4v) is 5.28. The van der Waals surface area contributed by atoms with E-state index in [1.807, 2.05) is 0 Å². The van der Waals surface area contributed by atoms with Crippen LogP contribution < -0.4 is 5.32 Å². The van der Waals surface area contributed by atoms with Crippen LogP contribution >= 0.6 is 7.82 Å². The number of aliphatic hydroxyl groups is 1. The van der Waals surface area contributed by atoms with E-state index in [0.29, 0.717) is 12.8 Å². The lowest BCUT2D eigenvalue weighted by Gasteiger charge is -2.15. The molecule has 0 aromatic carbocycles. The van der Waals surface area contributed by atoms with Gasteiger partial charge in [-0.25, -0.2) is 4.57 Å². The zero-order chi connectivity index (χ0) is 36.1. The molecule has 0 rings (SSSR count). The lowest BCUT2D eigenvalue weighted by atomic mass is 10.1. The van der Waals surface area contributed by atoms with Crippen LogP contribution in [0.3, 0.4) is 0 Å². The molecule has 0 aliphatic rings. The van der Waals surface area contributed by atoms with Gasteiger partial charge in [0.15, 0.2) is 0 Å². The Hall–Kier alpha value is -2.29. The van der Waals surface area contributed by atoms with E-state index < -0.39 is 26.5 Å². The van der Waals surface area contributed by atoms with Crippen molar-refractivity contribution in [2.45, 2.75) is 148 Å². The number of unbranched alkanes of at least 4 members (excludes halogenated alkanes) is 11. The molecular weight excluding hydrogens is 641 g/mol. The molecule has 0 radical (unpaired) electrons. The second-order valence-electron chi connectivity index (χ2n) is 12.2. The number of hydrogen-bond acceptors (Lipinski definition) is 7. The number of phosphoric ester groups is 1. The number of carbonyl (C=O) groups is 2. The molecular formula is C39H68NO8P. The van der Waals surface area contributed by atoms with Crippen LogP contribution in [0.1, 0.15) is 142 Å². The molecule has 0 aliphatic heterocycles. The van der Waals surface area contributed by atoms with Crippen LogP contribution in [0.15, 0.2) is 60.8 Å². The third-order valence-electron chi connectivity index (χ3n) is 7.42. The van der Waals surface area contributed by atoms with Crippen LogP contribution in [0.2, 0.25) is 0 Å². The first-order valence-electron chi connectivity index (χ1n) is 18.8. The molecule has 10 heteroatoms. The van der Waals surface area contributed by atoms with E-state index in [2.05, 4.69) is 79.9 Å². The molecule has 0 saturated carbocycles. The number of ether oxygens (including phenoxy) is 1. The molecule has 3 N–H and O–H groups in total. The van der Waals surface area contributed by atoms with Crippen LogP contribution in [-0.2, 0) is 27.9 Å². The Morgan fingerprint density at radius 1 is 0.633 bits per heavy atom. The van der Waals surface area contributed by atoms with E-state index in [4.69, 9.17) is 13.8 Å². The number of phosphoric acid groups is 1. The molecule has 0 saturated heterocycles. The summed E-state index contributed by atoms with van der Waals surface area (Å²) >= 11 is 0. The molecule has 2 atom stereocenters. The summed E-state index contributed by atoms with van der Waals surface area (Å²) in [4.78, 5) is 33.7. The SMILES string of the molecule is CCCC/C=C\CCCCCCCC(=O)OCC(O)COP(=O)(O)OCCNC(=O)CCC/C=C\C/C=C\C/C=C\C/C=C\CCCCC. The molecule has 0 bridgehead atoms. The van der Waals surface area contributed by atoms with Gasteiger partial charge in [0.1, 0.15) is 12.7 Å². The van der Waals surface area contributed by atoms with Crippen molar-refractivity contribution in [1.82, 2.24) is 5.32 Å². The molecule has 282 valence electrons. The van der Waals surface area contributed by atoms with Crippen LogP contribution in [0.5, 0.6) is 0 Å². The molecule has 49 heavy (non-hydrogen) atoms. The minimum Gasteiger partial charge on any atom is -0.463 e. The molecule has 9 nitrogen and oxygen atoms in total. The van der Waals surface area contributed by atoms with Crippen LogP contribution in [0.25, 0.3) is 0 Å². The van der Waals surface area contributed by atoms with E-state index in [-0.39, 0.29) is 32.1 Å². The Bertz CT molecular complexity index is 992. The highest BCUT2D eigenvalue weighted by Crippen LogP contribution is 2.42. The minimum absolute atomic E-state index is 0.0489. The average Bonchev–Trinajstić information content (AvgIpc) is 3.08. The van der Waals surface area contributed by atoms with Gasteiger partial charge in [-0.15, -0.1) is 0 Å². The highest BCUT2D eigenvalue weighted by Gasteiger charge is 2.23. The van der Waals surface area contributed by atoms with Gasteiger partial charge in [0.25, 0.3) is 0 Å². The third kappa shape index (κ3) is 36.8. The summed E-state index contributed by atoms with van der Waals surface area (Å²) in [6.45, 7) is 3.37. The molecule has 1 amide bonds. The number of hydrogen-bond donors (Lipinski definition) is 3. The quantitative estimate of drug-likeness (QED) is 0.0261. The molecule has 0 aliphatic carbocycles. The number of aliphatic hydroxyl groups excluding tert-OH is 1. The van der Waals surface area contributed by atoms with Gasteiger partial charge in [-0.1, -0.05) is 120 Å². The molecule has 2 unspecified atom stereocenters. The maximum absolute atomic E-state index is 12.0. The zero-order valence-electron chi connectivity index (χ0n) is 30.6. The first-order valence-corrected chi connectivity index (χ1v) is 20.3. The van der Waals surface area contributed by atoms with Gasteiger partial charge < -0.3 is 20.1 Å². The van der Waals surface area contributed by atoms with Gasteiger partial charge >= 0.3 is 13.8 Å². The Labute approximate surface area is 298 Å². The predicted octanol–water partition coefficient (Wildman–Crippen LogP) is 9.76. The Balaban J connectivity index is 3.74. The maximum atomic E-state index is 12.0. The number of nitrogens with one attached hydrogen (secondary N) is 1. The standard InChI is InChI=1S/C39H68NO8P/c1-3-5-7-9-11-13-15-16-17-18-19-20-22-23-25-27-29-31-38(42)40-33-34-47-49(44,45)48-36-37(41)35-46-39(43)32-30-28-26-24-21-14-12-10-8-6-4-2/h10-13,16-17,19-20,23,25,37,41H,3-9,14-15,18,21-22,24,26-36H2,1-2H3,(H,40,42)(H,44,45)/b12-10-,13-11-,17-16-,20-19-,25-23-. The summed E-state index contributed by atoms with van der Waals surface area (Å²) in [5.74, 6) is -0.590. The van der Waals surface area contributed by atoms with Crippen molar-refractivity contribution in [2.75, 3.05) is 26.4 Å². The van der Waals surface area contributed by atoms with Crippen molar-refractivity contribution >= 4 is 19.7 Å². The largest absolute Gasteiger partial charge is 0.472 e. The zero-order valence-corrected chi connectivity index (χ0v) is 31.5. The van der Waals surface area contributed by atoms with Gasteiger partial charge in [0.05, 0.1) is 13.2 Å². The predicted molar refractivity (Wildman–Crippen MR) is 201 cm³/mol. The van der Waals surface area contributed by atoms with Crippen molar-refractivity contribution in [2.24, 2.45) is 0 Å². The van der Waals surface area contributed by atoms with E-state index in [1.54, 1.807) is 0 Å². The monoisotopic (exact) mass is 709 g/mol. The number of rotatable bonds is 34. The second-order valence-corrected chi connectivity index (χ2v) is 13.6. The maximum Gasteiger partial charge on any atom is 0.472 e. The summed E-state index contributed by atoms with van der Waals surface area (Å²) < 4.78 is 26.7. The smallest absolute Gasteiger partial charge is 0.463 e. The third-order valence-corrected chi connectivity index (χ3v) is 8.40. The average molecular weight is 710 g/mol. The van der Waals surface area contributed by atoms with Crippen molar-refractivity contribution in [1.29, 1.82) is 0 Å². The topological polar surface area (TPSA) is 131 Å². The van der Waals surface area contributed by atoms with Gasteiger partial charge in [-0.3, -0.25) is 18.6 Å². The van der Waals surface area contributed by atoms with E-state index in [1.165, 1.54) is 38.5 Å². The summed E-state index contributed by atoms with van der Waals surface area (Å²) in [6, 6.07) is 0. The molecule has 0 heterocycles. The van der Waals surface area contributed by atoms with Gasteiger partial charge in [-0.05, 0) is 70.6 Å². The van der Waals surface area contributed by atoms with Gasteiger partial charge in [-0.2, -0.15) is 0 Å². The number of amides is 1. The highest BCUT2D eigenvalue weighted by molar-refractivity contribution is 7.47. The summed E-state index contributed by atoms with van der Waals surface area (Å²) in [7, 11) is -4.43. The van der Waals surface area contributed by atoms with E-state index >= 15 is 0 Å². The molecule has 0 fully saturated rings. The highest BCUT2D eigenvalue weighted by atomic mass is 31.2. The molecule has 0 aromatic heterocycles. The van der Waals surface area contributed by atoms with E-state index in [9.17, 15) is 24.2 Å². The summed E-state index contributed by atoms with van der Waals surface area (Å²) in [6.07, 6.45) is 40.2. The van der Waals surface area contributed by atoms with Crippen molar-refractivity contribution < 1.29 is 37.9 Å². The minimum atomic E-state index is -4.43. The van der Waals surface area contributed by atoms with Crippen LogP contribution in [0.4, 0.5) is 0 Å². The lowest BCUT2D eigenvalue weighted by Crippen LogP contribution is -2.27. The number of carbonyl (C=O) groups excluding carboxylic acids is 2. The Morgan fingerprint density at radius 2 is 1.14 bits per heavy atom. The Morgan fingerprint density at radius 3 is 1.78 bits per heavy atom. The summed E-state index contributed by atoms with van der Waals surface area (Å²) in [5.41, 5.74) is 0. The normalized spacial score (nSPS) is 14.1. The van der Waals surface area contributed by atoms with Crippen molar-refractivity contribution in [3.8, 4) is 0 Å². The van der Waals surface area contributed by atoms with Crippen molar-refractivity contribution in [3.05, 3.63) is 60.8 Å². The second kappa shape index (κ2) is 35.5. The summed E-state index contributed by atoms with van der Waals surface area (Å²) in [5, 5.41) is 12.6. The van der Waals surface area contributed by atoms with Gasteiger partial charge in [0.2, 0.25) is 5.91 Å². The fourth-order valence-electron chi connectivity index (χ4n) is 4.53. The van der Waals surface area contributed by atoms with Crippen LogP contribution in [0, 0.1) is 0 Å². The lowest BCUT2D eigenvalue weighted by molar-refractivity contribution is -0.147. The Kier molecular flexibility index (Phi) is 33.9. The fraction of sp³-hybridized carbons (Fsp3) is 0.692. The first kappa shape index (κ1) is 46.7. The van der Waals surface area contributed by atoms with Crippen molar-refractivity contribution in [3.63, 3.8) is 0 Å². The number of esters is 1. The van der Waals surface area contributed by atoms with Crippen LogP contribution in [-0.4, -0.2) is 54.3 Å². The number of allylic oxidation sites excluding steroid dienone is 10. The first-order chi connectivity index (χ1) is 23.8. The molecule has 0 aromatic rings. The molecule has 0 spiro atoms.